The van der Waals surface area contributed by atoms with E-state index in [1.165, 1.54) is 0 Å². The molecule has 130 valence electrons. The van der Waals surface area contributed by atoms with Crippen LogP contribution < -0.4 is 5.73 Å². The lowest BCUT2D eigenvalue weighted by atomic mass is 10.0. The van der Waals surface area contributed by atoms with Crippen LogP contribution in [0.2, 0.25) is 0 Å². The van der Waals surface area contributed by atoms with E-state index in [2.05, 4.69) is 20.3 Å². The van der Waals surface area contributed by atoms with E-state index in [-0.39, 0.29) is 0 Å². The summed E-state index contributed by atoms with van der Waals surface area (Å²) < 4.78 is 3.36. The summed E-state index contributed by atoms with van der Waals surface area (Å²) in [6.07, 6.45) is 5.19. The van der Waals surface area contributed by atoms with Crippen LogP contribution in [-0.2, 0) is 0 Å². The summed E-state index contributed by atoms with van der Waals surface area (Å²) in [5, 5.41) is 17.2. The van der Waals surface area contributed by atoms with Gasteiger partial charge in [0.15, 0.2) is 11.5 Å². The molecule has 2 N–H and O–H groups in total. The van der Waals surface area contributed by atoms with Crippen LogP contribution >= 0.6 is 0 Å². The first kappa shape index (κ1) is 15.2. The minimum Gasteiger partial charge on any atom is -0.384 e. The maximum absolute atomic E-state index is 5.89. The molecule has 0 aliphatic carbocycles. The number of benzene rings is 1. The maximum atomic E-state index is 5.89. The molecule has 0 spiro atoms. The van der Waals surface area contributed by atoms with Crippen LogP contribution in [0.25, 0.3) is 33.8 Å². The highest BCUT2D eigenvalue weighted by atomic mass is 15.4. The molecule has 27 heavy (non-hydrogen) atoms. The molecule has 0 aliphatic rings. The Kier molecular flexibility index (Phi) is 3.39. The van der Waals surface area contributed by atoms with Crippen LogP contribution in [0.15, 0.2) is 73.3 Å². The van der Waals surface area contributed by atoms with Crippen molar-refractivity contribution in [3.8, 4) is 28.2 Å². The molecular formula is C19H14N8. The minimum absolute atomic E-state index is 0.461. The molecule has 4 heterocycles. The Labute approximate surface area is 153 Å². The molecule has 0 aliphatic heterocycles. The Morgan fingerprint density at radius 3 is 2.63 bits per heavy atom. The summed E-state index contributed by atoms with van der Waals surface area (Å²) in [7, 11) is 0. The van der Waals surface area contributed by atoms with Gasteiger partial charge in [-0.25, -0.2) is 9.67 Å². The third-order valence-electron chi connectivity index (χ3n) is 4.24. The van der Waals surface area contributed by atoms with Gasteiger partial charge in [-0.05, 0) is 29.8 Å². The Hall–Kier alpha value is -4.07. The van der Waals surface area contributed by atoms with E-state index >= 15 is 0 Å². The molecule has 8 heteroatoms. The average molecular weight is 354 g/mol. The number of nitrogen functional groups attached to an aromatic ring is 1. The summed E-state index contributed by atoms with van der Waals surface area (Å²) in [6, 6.07) is 17.5. The Bertz CT molecular complexity index is 1240. The van der Waals surface area contributed by atoms with Crippen LogP contribution in [0.3, 0.4) is 0 Å². The first-order valence-electron chi connectivity index (χ1n) is 8.32. The molecule has 8 nitrogen and oxygen atoms in total. The summed E-state index contributed by atoms with van der Waals surface area (Å²) in [5.41, 5.74) is 10.3. The lowest BCUT2D eigenvalue weighted by molar-refractivity contribution is 0.793. The van der Waals surface area contributed by atoms with Gasteiger partial charge < -0.3 is 5.73 Å². The van der Waals surface area contributed by atoms with Gasteiger partial charge in [0.2, 0.25) is 0 Å². The highest BCUT2D eigenvalue weighted by Crippen LogP contribution is 2.32. The topological polar surface area (TPSA) is 99.8 Å². The SMILES string of the molecule is Nc1cc(-c2cn(-c3ccc4nncn4n3)nc2-c2ccccc2)ccn1. The third kappa shape index (κ3) is 2.69. The molecule has 0 atom stereocenters. The van der Waals surface area contributed by atoms with E-state index < -0.39 is 0 Å². The van der Waals surface area contributed by atoms with Gasteiger partial charge in [-0.15, -0.1) is 15.3 Å². The Morgan fingerprint density at radius 1 is 0.889 bits per heavy atom. The van der Waals surface area contributed by atoms with E-state index in [0.29, 0.717) is 17.3 Å². The number of pyridine rings is 1. The number of rotatable bonds is 3. The number of fused-ring (bicyclic) bond motifs is 1. The number of nitrogens with zero attached hydrogens (tertiary/aromatic N) is 7. The highest BCUT2D eigenvalue weighted by molar-refractivity contribution is 5.81. The van der Waals surface area contributed by atoms with Crippen molar-refractivity contribution in [3.63, 3.8) is 0 Å². The molecule has 4 aromatic heterocycles. The third-order valence-corrected chi connectivity index (χ3v) is 4.24. The van der Waals surface area contributed by atoms with E-state index in [4.69, 9.17) is 10.8 Å². The van der Waals surface area contributed by atoms with Gasteiger partial charge in [-0.3, -0.25) is 0 Å². The molecule has 0 unspecified atom stereocenters. The average Bonchev–Trinajstić information content (AvgIpc) is 3.35. The summed E-state index contributed by atoms with van der Waals surface area (Å²) in [6.45, 7) is 0. The Balaban J connectivity index is 1.71. The highest BCUT2D eigenvalue weighted by Gasteiger charge is 2.15. The number of nitrogens with two attached hydrogens (primary N) is 1. The smallest absolute Gasteiger partial charge is 0.177 e. The summed E-state index contributed by atoms with van der Waals surface area (Å²) in [5.74, 6) is 1.12. The Morgan fingerprint density at radius 2 is 1.78 bits per heavy atom. The van der Waals surface area contributed by atoms with Gasteiger partial charge in [0.05, 0.1) is 0 Å². The lowest BCUT2D eigenvalue weighted by Crippen LogP contribution is -2.02. The molecule has 1 aromatic carbocycles. The second-order valence-electron chi connectivity index (χ2n) is 6.00. The van der Waals surface area contributed by atoms with Crippen LogP contribution in [0.4, 0.5) is 5.82 Å². The molecule has 5 rings (SSSR count). The van der Waals surface area contributed by atoms with Crippen LogP contribution in [0, 0.1) is 0 Å². The van der Waals surface area contributed by atoms with Crippen molar-refractivity contribution in [2.45, 2.75) is 0 Å². The first-order valence-corrected chi connectivity index (χ1v) is 8.32. The van der Waals surface area contributed by atoms with Crippen molar-refractivity contribution >= 4 is 11.5 Å². The van der Waals surface area contributed by atoms with E-state index in [1.54, 1.807) is 21.7 Å². The van der Waals surface area contributed by atoms with Crippen molar-refractivity contribution < 1.29 is 0 Å². The fraction of sp³-hybridized carbons (Fsp3) is 0. The molecular weight excluding hydrogens is 340 g/mol. The van der Waals surface area contributed by atoms with Crippen LogP contribution in [0.1, 0.15) is 0 Å². The van der Waals surface area contributed by atoms with E-state index in [1.807, 2.05) is 60.8 Å². The monoisotopic (exact) mass is 354 g/mol. The quantitative estimate of drug-likeness (QED) is 0.535. The molecule has 0 amide bonds. The van der Waals surface area contributed by atoms with Gasteiger partial charge in [0, 0.05) is 23.5 Å². The normalized spacial score (nSPS) is 11.1. The fourth-order valence-corrected chi connectivity index (χ4v) is 2.97. The fourth-order valence-electron chi connectivity index (χ4n) is 2.97. The number of aromatic nitrogens is 7. The second-order valence-corrected chi connectivity index (χ2v) is 6.00. The molecule has 5 aromatic rings. The zero-order chi connectivity index (χ0) is 18.2. The zero-order valence-corrected chi connectivity index (χ0v) is 14.1. The molecule has 0 radical (unpaired) electrons. The van der Waals surface area contributed by atoms with Crippen molar-refractivity contribution in [3.05, 3.63) is 73.3 Å². The summed E-state index contributed by atoms with van der Waals surface area (Å²) >= 11 is 0. The first-order chi connectivity index (χ1) is 13.3. The molecule has 0 saturated heterocycles. The minimum atomic E-state index is 0.461. The zero-order valence-electron chi connectivity index (χ0n) is 14.1. The van der Waals surface area contributed by atoms with Crippen molar-refractivity contribution in [1.82, 2.24) is 34.6 Å². The second kappa shape index (κ2) is 6.03. The van der Waals surface area contributed by atoms with Crippen LogP contribution in [-0.4, -0.2) is 34.6 Å². The van der Waals surface area contributed by atoms with Gasteiger partial charge in [0.1, 0.15) is 17.8 Å². The maximum Gasteiger partial charge on any atom is 0.177 e. The van der Waals surface area contributed by atoms with Crippen molar-refractivity contribution in [1.29, 1.82) is 0 Å². The van der Waals surface area contributed by atoms with Gasteiger partial charge in [-0.1, -0.05) is 30.3 Å². The number of anilines is 1. The van der Waals surface area contributed by atoms with Crippen molar-refractivity contribution in [2.24, 2.45) is 0 Å². The van der Waals surface area contributed by atoms with Crippen LogP contribution in [0.5, 0.6) is 0 Å². The largest absolute Gasteiger partial charge is 0.384 e. The molecule has 0 bridgehead atoms. The predicted octanol–water partition coefficient (Wildman–Crippen LogP) is 2.62. The van der Waals surface area contributed by atoms with E-state index in [0.717, 1.165) is 22.4 Å². The number of hydrogen-bond acceptors (Lipinski definition) is 6. The number of hydrogen-bond donors (Lipinski definition) is 1. The molecule has 0 fully saturated rings. The lowest BCUT2D eigenvalue weighted by Gasteiger charge is -2.03. The predicted molar refractivity (Wildman–Crippen MR) is 101 cm³/mol. The van der Waals surface area contributed by atoms with E-state index in [9.17, 15) is 0 Å². The van der Waals surface area contributed by atoms with Gasteiger partial charge >= 0.3 is 0 Å². The summed E-state index contributed by atoms with van der Waals surface area (Å²) in [4.78, 5) is 4.08. The van der Waals surface area contributed by atoms with Crippen molar-refractivity contribution in [2.75, 3.05) is 5.73 Å². The standard InChI is InChI=1S/C19H14N8/c20-16-10-14(8-9-21-16)15-11-26(25-19(15)13-4-2-1-3-5-13)18-7-6-17-23-22-12-27(17)24-18/h1-12H,(H2,20,21). The van der Waals surface area contributed by atoms with Gasteiger partial charge in [0.25, 0.3) is 0 Å². The van der Waals surface area contributed by atoms with Gasteiger partial charge in [-0.2, -0.15) is 9.61 Å². The molecule has 0 saturated carbocycles.